The lowest BCUT2D eigenvalue weighted by Crippen LogP contribution is -1.97. The summed E-state index contributed by atoms with van der Waals surface area (Å²) in [5.74, 6) is 0. The molecule has 1 aromatic carbocycles. The molecule has 2 aromatic rings. The monoisotopic (exact) mass is 286 g/mol. The molecule has 0 spiro atoms. The van der Waals surface area contributed by atoms with E-state index in [-0.39, 0.29) is 0 Å². The number of nitrogens with zero attached hydrogens (tertiary/aromatic N) is 2. The van der Waals surface area contributed by atoms with Gasteiger partial charge in [-0.05, 0) is 30.2 Å². The minimum Gasteiger partial charge on any atom is -0.396 e. The Bertz CT molecular complexity index is 719. The van der Waals surface area contributed by atoms with E-state index in [1.807, 2.05) is 20.0 Å². The Morgan fingerprint density at radius 2 is 2.20 bits per heavy atom. The molecule has 0 fully saturated rings. The third-order valence-electron chi connectivity index (χ3n) is 3.37. The molecular formula is C15H17N3OP+. The maximum Gasteiger partial charge on any atom is 0.335 e. The van der Waals surface area contributed by atoms with Crippen molar-refractivity contribution in [3.05, 3.63) is 40.9 Å². The second-order valence-electron chi connectivity index (χ2n) is 4.78. The van der Waals surface area contributed by atoms with Crippen LogP contribution in [0.4, 0.5) is 11.4 Å². The lowest BCUT2D eigenvalue weighted by atomic mass is 10.0. The minimum absolute atomic E-state index is 0.524. The zero-order chi connectivity index (χ0) is 14.7. The van der Waals surface area contributed by atoms with Gasteiger partial charge in [0.2, 0.25) is 5.69 Å². The summed E-state index contributed by atoms with van der Waals surface area (Å²) in [5, 5.41) is 4.04. The van der Waals surface area contributed by atoms with E-state index in [1.54, 1.807) is 12.9 Å². The van der Waals surface area contributed by atoms with Crippen molar-refractivity contribution >= 4 is 30.1 Å². The average Bonchev–Trinajstić information content (AvgIpc) is 2.43. The number of benzene rings is 1. The van der Waals surface area contributed by atoms with Crippen LogP contribution in [0.3, 0.4) is 0 Å². The summed E-state index contributed by atoms with van der Waals surface area (Å²) in [4.78, 5) is 7.84. The zero-order valence-electron chi connectivity index (χ0n) is 11.9. The van der Waals surface area contributed by atoms with Crippen LogP contribution < -0.4 is 5.32 Å². The summed E-state index contributed by atoms with van der Waals surface area (Å²) in [6.07, 6.45) is 3.08. The molecule has 1 aromatic heterocycles. The number of fused-ring (bicyclic) bond motifs is 1. The first-order valence-corrected chi connectivity index (χ1v) is 8.31. The van der Waals surface area contributed by atoms with E-state index >= 15 is 0 Å². The van der Waals surface area contributed by atoms with Gasteiger partial charge < -0.3 is 5.32 Å². The van der Waals surface area contributed by atoms with Gasteiger partial charge in [-0.15, -0.1) is 0 Å². The molecule has 102 valence electrons. The molecule has 0 aliphatic heterocycles. The highest BCUT2D eigenvalue weighted by molar-refractivity contribution is 7.43. The molecule has 0 radical (unpaired) electrons. The maximum absolute atomic E-state index is 11.3. The van der Waals surface area contributed by atoms with E-state index in [0.29, 0.717) is 11.8 Å². The van der Waals surface area contributed by atoms with E-state index < -0.39 is 7.80 Å². The normalized spacial score (nSPS) is 11.2. The molecule has 0 aliphatic carbocycles. The predicted molar refractivity (Wildman–Crippen MR) is 84.4 cm³/mol. The van der Waals surface area contributed by atoms with E-state index in [1.165, 1.54) is 5.56 Å². The molecule has 0 bridgehead atoms. The van der Waals surface area contributed by atoms with Gasteiger partial charge >= 0.3 is 7.80 Å². The second kappa shape index (κ2) is 5.98. The molecule has 5 heteroatoms. The third-order valence-corrected chi connectivity index (χ3v) is 4.23. The molecule has 20 heavy (non-hydrogen) atoms. The Morgan fingerprint density at radius 3 is 2.80 bits per heavy atom. The number of nitrogens with one attached hydrogen (secondary N) is 1. The van der Waals surface area contributed by atoms with Crippen molar-refractivity contribution in [3.8, 4) is 0 Å². The molecule has 1 atom stereocenters. The van der Waals surface area contributed by atoms with Gasteiger partial charge in [-0.3, -0.25) is 4.98 Å². The number of hydrogen-bond donors (Lipinski definition) is 1. The van der Waals surface area contributed by atoms with Gasteiger partial charge in [0, 0.05) is 25.1 Å². The van der Waals surface area contributed by atoms with Crippen molar-refractivity contribution in [3.63, 3.8) is 0 Å². The number of anilines is 1. The first-order chi connectivity index (χ1) is 9.56. The fraction of sp³-hybridized carbons (Fsp3) is 0.333. The third kappa shape index (κ3) is 2.79. The smallest absolute Gasteiger partial charge is 0.335 e. The van der Waals surface area contributed by atoms with Crippen molar-refractivity contribution in [1.82, 2.24) is 4.98 Å². The number of rotatable bonds is 4. The summed E-state index contributed by atoms with van der Waals surface area (Å²) in [6, 6.07) is 4.10. The summed E-state index contributed by atoms with van der Waals surface area (Å²) < 4.78 is 11.3. The van der Waals surface area contributed by atoms with Crippen LogP contribution in [0.15, 0.2) is 18.3 Å². The van der Waals surface area contributed by atoms with Crippen LogP contribution in [-0.2, 0) is 11.0 Å². The lowest BCUT2D eigenvalue weighted by Gasteiger charge is -2.11. The summed E-state index contributed by atoms with van der Waals surface area (Å²) in [6.45, 7) is 11.0. The van der Waals surface area contributed by atoms with Crippen LogP contribution in [0.1, 0.15) is 11.1 Å². The van der Waals surface area contributed by atoms with Gasteiger partial charge in [0.15, 0.2) is 0 Å². The van der Waals surface area contributed by atoms with Gasteiger partial charge in [0.05, 0.1) is 17.8 Å². The highest BCUT2D eigenvalue weighted by Gasteiger charge is 2.12. The Hall–Kier alpha value is -1.98. The van der Waals surface area contributed by atoms with Crippen LogP contribution in [0, 0.1) is 13.5 Å². The molecule has 1 N–H and O–H groups in total. The second-order valence-corrected chi connectivity index (χ2v) is 6.48. The number of aryl methyl sites for hydroxylation is 2. The van der Waals surface area contributed by atoms with Crippen molar-refractivity contribution in [2.75, 3.05) is 25.2 Å². The van der Waals surface area contributed by atoms with Crippen molar-refractivity contribution < 1.29 is 4.57 Å². The van der Waals surface area contributed by atoms with E-state index in [0.717, 1.165) is 28.6 Å². The predicted octanol–water partition coefficient (Wildman–Crippen LogP) is 4.14. The maximum atomic E-state index is 11.3. The fourth-order valence-corrected chi connectivity index (χ4v) is 2.83. The average molecular weight is 286 g/mol. The van der Waals surface area contributed by atoms with Gasteiger partial charge in [-0.25, -0.2) is 4.85 Å². The molecule has 0 saturated heterocycles. The summed E-state index contributed by atoms with van der Waals surface area (Å²) in [5.41, 5.74) is 4.54. The lowest BCUT2D eigenvalue weighted by molar-refractivity contribution is 0.590. The molecule has 1 heterocycles. The quantitative estimate of drug-likeness (QED) is 0.679. The number of aromatic nitrogens is 1. The summed E-state index contributed by atoms with van der Waals surface area (Å²) in [7, 11) is 0.681. The van der Waals surface area contributed by atoms with Crippen LogP contribution in [0.25, 0.3) is 15.7 Å². The zero-order valence-corrected chi connectivity index (χ0v) is 12.8. The van der Waals surface area contributed by atoms with Gasteiger partial charge in [0.1, 0.15) is 12.8 Å². The molecule has 2 rings (SSSR count). The minimum atomic E-state index is -1.13. The standard InChI is InChI=1S/C15H17N3OP/c1-10-7-13-12(8-11(10)5-6-20(4)19)15(17-3)14(16-2)9-18-13/h7-9H,5-6H2,1,3-4H3,(H,17,18)/q+1. The largest absolute Gasteiger partial charge is 0.396 e. The van der Waals surface area contributed by atoms with Crippen molar-refractivity contribution in [1.29, 1.82) is 0 Å². The molecule has 0 saturated carbocycles. The molecular weight excluding hydrogens is 269 g/mol. The van der Waals surface area contributed by atoms with Gasteiger partial charge in [-0.2, -0.15) is 0 Å². The Morgan fingerprint density at radius 1 is 1.45 bits per heavy atom. The summed E-state index contributed by atoms with van der Waals surface area (Å²) >= 11 is 0. The topological polar surface area (TPSA) is 46.4 Å². The van der Waals surface area contributed by atoms with Crippen molar-refractivity contribution in [2.24, 2.45) is 0 Å². The highest BCUT2D eigenvalue weighted by Crippen LogP contribution is 2.33. The van der Waals surface area contributed by atoms with Crippen LogP contribution in [-0.4, -0.2) is 24.9 Å². The van der Waals surface area contributed by atoms with Gasteiger partial charge in [0.25, 0.3) is 0 Å². The highest BCUT2D eigenvalue weighted by atomic mass is 31.1. The number of pyridine rings is 1. The first-order valence-electron chi connectivity index (χ1n) is 6.42. The molecule has 1 unspecified atom stereocenters. The first kappa shape index (κ1) is 14.4. The molecule has 0 amide bonds. The molecule has 4 nitrogen and oxygen atoms in total. The fourth-order valence-electron chi connectivity index (χ4n) is 2.27. The van der Waals surface area contributed by atoms with Crippen LogP contribution in [0.5, 0.6) is 0 Å². The van der Waals surface area contributed by atoms with E-state index in [2.05, 4.69) is 21.2 Å². The Labute approximate surface area is 119 Å². The Balaban J connectivity index is 2.60. The SMILES string of the molecule is [C-]#[N+]c1cnc2cc(C)c(CC[P+](C)=O)cc2c1NC. The van der Waals surface area contributed by atoms with Crippen molar-refractivity contribution in [2.45, 2.75) is 13.3 Å². The number of hydrogen-bond acceptors (Lipinski definition) is 3. The van der Waals surface area contributed by atoms with E-state index in [9.17, 15) is 4.57 Å². The van der Waals surface area contributed by atoms with Crippen LogP contribution >= 0.6 is 7.80 Å². The van der Waals surface area contributed by atoms with Gasteiger partial charge in [-0.1, -0.05) is 4.57 Å². The molecule has 0 aliphatic rings. The van der Waals surface area contributed by atoms with Crippen LogP contribution in [0.2, 0.25) is 0 Å². The Kier molecular flexibility index (Phi) is 4.32. The van der Waals surface area contributed by atoms with E-state index in [4.69, 9.17) is 6.57 Å².